The van der Waals surface area contributed by atoms with Crippen LogP contribution in [-0.2, 0) is 14.3 Å². The second kappa shape index (κ2) is 6.05. The molecule has 0 aliphatic rings. The minimum absolute atomic E-state index is 0.154. The van der Waals surface area contributed by atoms with Crippen LogP contribution in [0.4, 0.5) is 0 Å². The van der Waals surface area contributed by atoms with Gasteiger partial charge in [0, 0.05) is 6.61 Å². The predicted octanol–water partition coefficient (Wildman–Crippen LogP) is 3.66. The third-order valence-corrected chi connectivity index (χ3v) is 3.71. The van der Waals surface area contributed by atoms with E-state index in [9.17, 15) is 4.79 Å². The number of hydrogen-bond acceptors (Lipinski definition) is 3. The van der Waals surface area contributed by atoms with Crippen LogP contribution in [0.5, 0.6) is 0 Å². The SMILES string of the molecule is CCOCC(C(=O)OCC)(C(C)(C)C)C(C)(C)C. The van der Waals surface area contributed by atoms with Gasteiger partial charge in [-0.25, -0.2) is 0 Å². The summed E-state index contributed by atoms with van der Waals surface area (Å²) in [7, 11) is 0. The standard InChI is InChI=1S/C15H30O3/c1-9-17-11-15(13(3,4)5,14(6,7)8)12(16)18-10-2/h9-11H2,1-8H3. The van der Waals surface area contributed by atoms with Crippen LogP contribution in [0.25, 0.3) is 0 Å². The maximum atomic E-state index is 12.6. The molecule has 0 aromatic rings. The summed E-state index contributed by atoms with van der Waals surface area (Å²) in [6, 6.07) is 0. The minimum Gasteiger partial charge on any atom is -0.465 e. The lowest BCUT2D eigenvalue weighted by Gasteiger charge is -2.50. The number of ether oxygens (including phenoxy) is 2. The van der Waals surface area contributed by atoms with E-state index in [1.54, 1.807) is 0 Å². The van der Waals surface area contributed by atoms with Gasteiger partial charge >= 0.3 is 5.97 Å². The van der Waals surface area contributed by atoms with Crippen molar-refractivity contribution in [3.63, 3.8) is 0 Å². The molecule has 0 aliphatic carbocycles. The van der Waals surface area contributed by atoms with E-state index in [2.05, 4.69) is 41.5 Å². The molecule has 0 atom stereocenters. The van der Waals surface area contributed by atoms with Crippen molar-refractivity contribution < 1.29 is 14.3 Å². The van der Waals surface area contributed by atoms with E-state index < -0.39 is 5.41 Å². The zero-order valence-corrected chi connectivity index (χ0v) is 13.3. The zero-order valence-electron chi connectivity index (χ0n) is 13.3. The summed E-state index contributed by atoms with van der Waals surface area (Å²) < 4.78 is 11.0. The number of hydrogen-bond donors (Lipinski definition) is 0. The third kappa shape index (κ3) is 3.25. The Hall–Kier alpha value is -0.570. The average Bonchev–Trinajstić information content (AvgIpc) is 2.14. The maximum Gasteiger partial charge on any atom is 0.315 e. The van der Waals surface area contributed by atoms with Gasteiger partial charge in [-0.2, -0.15) is 0 Å². The van der Waals surface area contributed by atoms with Gasteiger partial charge in [0.15, 0.2) is 0 Å². The van der Waals surface area contributed by atoms with Crippen molar-refractivity contribution in [2.75, 3.05) is 19.8 Å². The molecule has 3 heteroatoms. The maximum absolute atomic E-state index is 12.6. The lowest BCUT2D eigenvalue weighted by molar-refractivity contribution is -0.184. The Morgan fingerprint density at radius 2 is 1.33 bits per heavy atom. The van der Waals surface area contributed by atoms with Gasteiger partial charge in [-0.05, 0) is 24.7 Å². The quantitative estimate of drug-likeness (QED) is 0.706. The van der Waals surface area contributed by atoms with Crippen molar-refractivity contribution >= 4 is 5.97 Å². The number of carbonyl (C=O) groups excluding carboxylic acids is 1. The van der Waals surface area contributed by atoms with Crippen molar-refractivity contribution in [2.24, 2.45) is 16.2 Å². The molecule has 0 aromatic carbocycles. The molecule has 0 saturated heterocycles. The van der Waals surface area contributed by atoms with Crippen molar-refractivity contribution in [3.05, 3.63) is 0 Å². The van der Waals surface area contributed by atoms with E-state index >= 15 is 0 Å². The monoisotopic (exact) mass is 258 g/mol. The zero-order chi connectivity index (χ0) is 14.6. The molecular weight excluding hydrogens is 228 g/mol. The first-order valence-electron chi connectivity index (χ1n) is 6.79. The fraction of sp³-hybridized carbons (Fsp3) is 0.933. The molecule has 18 heavy (non-hydrogen) atoms. The summed E-state index contributed by atoms with van der Waals surface area (Å²) in [5, 5.41) is 0. The van der Waals surface area contributed by atoms with E-state index in [1.165, 1.54) is 0 Å². The highest BCUT2D eigenvalue weighted by Gasteiger charge is 2.57. The molecule has 3 nitrogen and oxygen atoms in total. The van der Waals surface area contributed by atoms with Crippen molar-refractivity contribution in [1.82, 2.24) is 0 Å². The highest BCUT2D eigenvalue weighted by atomic mass is 16.5. The van der Waals surface area contributed by atoms with E-state index in [0.717, 1.165) is 0 Å². The molecule has 0 aliphatic heterocycles. The lowest BCUT2D eigenvalue weighted by Crippen LogP contribution is -2.56. The van der Waals surface area contributed by atoms with E-state index in [1.807, 2.05) is 13.8 Å². The van der Waals surface area contributed by atoms with Crippen LogP contribution in [0.1, 0.15) is 55.4 Å². The number of esters is 1. The van der Waals surface area contributed by atoms with Gasteiger partial charge in [0.25, 0.3) is 0 Å². The Kier molecular flexibility index (Phi) is 5.86. The Bertz CT molecular complexity index is 254. The summed E-state index contributed by atoms with van der Waals surface area (Å²) in [5.74, 6) is -0.154. The molecule has 0 rings (SSSR count). The summed E-state index contributed by atoms with van der Waals surface area (Å²) >= 11 is 0. The van der Waals surface area contributed by atoms with Crippen LogP contribution in [-0.4, -0.2) is 25.8 Å². The largest absolute Gasteiger partial charge is 0.465 e. The molecular formula is C15H30O3. The van der Waals surface area contributed by atoms with Crippen LogP contribution in [0, 0.1) is 16.2 Å². The van der Waals surface area contributed by atoms with Crippen LogP contribution >= 0.6 is 0 Å². The number of rotatable bonds is 5. The van der Waals surface area contributed by atoms with Crippen molar-refractivity contribution in [2.45, 2.75) is 55.4 Å². The summed E-state index contributed by atoms with van der Waals surface area (Å²) in [5.41, 5.74) is -1.11. The minimum atomic E-state index is -0.647. The van der Waals surface area contributed by atoms with Crippen molar-refractivity contribution in [1.29, 1.82) is 0 Å². The smallest absolute Gasteiger partial charge is 0.315 e. The Morgan fingerprint density at radius 3 is 1.61 bits per heavy atom. The van der Waals surface area contributed by atoms with Gasteiger partial charge in [0.05, 0.1) is 13.2 Å². The molecule has 108 valence electrons. The van der Waals surface area contributed by atoms with E-state index in [0.29, 0.717) is 19.8 Å². The van der Waals surface area contributed by atoms with Crippen molar-refractivity contribution in [3.8, 4) is 0 Å². The lowest BCUT2D eigenvalue weighted by atomic mass is 9.54. The first kappa shape index (κ1) is 17.4. The Balaban J connectivity index is 5.64. The van der Waals surface area contributed by atoms with Gasteiger partial charge in [-0.3, -0.25) is 4.79 Å². The van der Waals surface area contributed by atoms with Crippen LogP contribution < -0.4 is 0 Å². The molecule has 0 fully saturated rings. The molecule has 0 bridgehead atoms. The number of carbonyl (C=O) groups is 1. The predicted molar refractivity (Wildman–Crippen MR) is 74.5 cm³/mol. The fourth-order valence-electron chi connectivity index (χ4n) is 2.74. The molecule has 0 unspecified atom stereocenters. The molecule has 0 heterocycles. The van der Waals surface area contributed by atoms with Gasteiger partial charge < -0.3 is 9.47 Å². The third-order valence-electron chi connectivity index (χ3n) is 3.71. The normalized spacial score (nSPS) is 13.6. The molecule has 0 saturated carbocycles. The molecule has 0 aromatic heterocycles. The Labute approximate surface area is 112 Å². The van der Waals surface area contributed by atoms with Gasteiger partial charge in [0.1, 0.15) is 5.41 Å². The molecule has 0 amide bonds. The van der Waals surface area contributed by atoms with Gasteiger partial charge in [-0.15, -0.1) is 0 Å². The summed E-state index contributed by atoms with van der Waals surface area (Å²) in [6.07, 6.45) is 0. The van der Waals surface area contributed by atoms with E-state index in [4.69, 9.17) is 9.47 Å². The Morgan fingerprint density at radius 1 is 0.889 bits per heavy atom. The van der Waals surface area contributed by atoms with Crippen LogP contribution in [0.3, 0.4) is 0 Å². The highest BCUT2D eigenvalue weighted by Crippen LogP contribution is 2.52. The van der Waals surface area contributed by atoms with Crippen LogP contribution in [0.15, 0.2) is 0 Å². The molecule has 0 N–H and O–H groups in total. The molecule has 0 spiro atoms. The van der Waals surface area contributed by atoms with Crippen LogP contribution in [0.2, 0.25) is 0 Å². The second-order valence-electron chi connectivity index (χ2n) is 6.76. The van der Waals surface area contributed by atoms with Gasteiger partial charge in [-0.1, -0.05) is 41.5 Å². The van der Waals surface area contributed by atoms with Gasteiger partial charge in [0.2, 0.25) is 0 Å². The summed E-state index contributed by atoms with van der Waals surface area (Å²) in [6.45, 7) is 17.7. The second-order valence-corrected chi connectivity index (χ2v) is 6.76. The first-order chi connectivity index (χ1) is 8.04. The highest BCUT2D eigenvalue weighted by molar-refractivity contribution is 5.79. The average molecular weight is 258 g/mol. The summed E-state index contributed by atoms with van der Waals surface area (Å²) in [4.78, 5) is 12.6. The molecule has 0 radical (unpaired) electrons. The first-order valence-corrected chi connectivity index (χ1v) is 6.79. The van der Waals surface area contributed by atoms with E-state index in [-0.39, 0.29) is 16.8 Å². The fourth-order valence-corrected chi connectivity index (χ4v) is 2.74. The topological polar surface area (TPSA) is 35.5 Å².